The van der Waals surface area contributed by atoms with Crippen molar-refractivity contribution in [3.05, 3.63) is 29.7 Å². The van der Waals surface area contributed by atoms with E-state index < -0.39 is 0 Å². The van der Waals surface area contributed by atoms with Crippen LogP contribution in [-0.4, -0.2) is 21.1 Å². The van der Waals surface area contributed by atoms with Gasteiger partial charge in [-0.1, -0.05) is 6.07 Å². The van der Waals surface area contributed by atoms with Gasteiger partial charge in [0.2, 0.25) is 0 Å². The number of aromatic nitrogens is 3. The average Bonchev–Trinajstić information content (AvgIpc) is 2.91. The largest absolute Gasteiger partial charge is 0.330 e. The molecule has 0 saturated heterocycles. The summed E-state index contributed by atoms with van der Waals surface area (Å²) in [6.45, 7) is 2.69. The lowest BCUT2D eigenvalue weighted by atomic mass is 10.2. The van der Waals surface area contributed by atoms with Crippen molar-refractivity contribution in [1.29, 1.82) is 0 Å². The highest BCUT2D eigenvalue weighted by molar-refractivity contribution is 5.40. The Kier molecular flexibility index (Phi) is 1.79. The molecular formula is C11H14N4. The first kappa shape index (κ1) is 8.85. The highest BCUT2D eigenvalue weighted by Crippen LogP contribution is 2.46. The summed E-state index contributed by atoms with van der Waals surface area (Å²) in [4.78, 5) is 4.36. The van der Waals surface area contributed by atoms with Gasteiger partial charge in [-0.3, -0.25) is 0 Å². The van der Waals surface area contributed by atoms with E-state index in [0.717, 1.165) is 18.0 Å². The zero-order chi connectivity index (χ0) is 10.4. The molecule has 0 spiro atoms. The standard InChI is InChI=1S/C11H14N4/c1-7-13-11-4-2-3-10(15(11)14-7)9-5-8(9)6-12/h2-4,8-9H,5-6,12H2,1H3. The van der Waals surface area contributed by atoms with E-state index in [-0.39, 0.29) is 0 Å². The third kappa shape index (κ3) is 1.33. The second kappa shape index (κ2) is 3.03. The van der Waals surface area contributed by atoms with Crippen molar-refractivity contribution < 1.29 is 0 Å². The van der Waals surface area contributed by atoms with Crippen LogP contribution < -0.4 is 5.73 Å². The fraction of sp³-hybridized carbons (Fsp3) is 0.455. The summed E-state index contributed by atoms with van der Waals surface area (Å²) in [6, 6.07) is 6.16. The highest BCUT2D eigenvalue weighted by atomic mass is 15.3. The molecule has 15 heavy (non-hydrogen) atoms. The zero-order valence-electron chi connectivity index (χ0n) is 8.72. The molecule has 0 bridgehead atoms. The molecule has 0 aliphatic heterocycles. The smallest absolute Gasteiger partial charge is 0.155 e. The summed E-state index contributed by atoms with van der Waals surface area (Å²) < 4.78 is 1.95. The second-order valence-electron chi connectivity index (χ2n) is 4.22. The topological polar surface area (TPSA) is 56.2 Å². The van der Waals surface area contributed by atoms with Crippen LogP contribution in [0.1, 0.15) is 23.9 Å². The maximum absolute atomic E-state index is 5.67. The van der Waals surface area contributed by atoms with Crippen molar-refractivity contribution in [2.45, 2.75) is 19.3 Å². The van der Waals surface area contributed by atoms with Gasteiger partial charge in [0.1, 0.15) is 5.82 Å². The Morgan fingerprint density at radius 1 is 1.53 bits per heavy atom. The molecule has 2 unspecified atom stereocenters. The van der Waals surface area contributed by atoms with Crippen LogP contribution in [0.25, 0.3) is 5.65 Å². The SMILES string of the molecule is Cc1nc2cccc(C3CC3CN)n2n1. The lowest BCUT2D eigenvalue weighted by Crippen LogP contribution is -2.04. The molecule has 2 aromatic heterocycles. The fourth-order valence-electron chi connectivity index (χ4n) is 2.18. The first-order valence-corrected chi connectivity index (χ1v) is 5.32. The number of aryl methyl sites for hydroxylation is 1. The number of hydrogen-bond donors (Lipinski definition) is 1. The molecule has 1 fully saturated rings. The molecule has 1 saturated carbocycles. The van der Waals surface area contributed by atoms with Crippen molar-refractivity contribution in [1.82, 2.24) is 14.6 Å². The van der Waals surface area contributed by atoms with Crippen LogP contribution >= 0.6 is 0 Å². The lowest BCUT2D eigenvalue weighted by Gasteiger charge is -2.01. The van der Waals surface area contributed by atoms with Gasteiger partial charge in [0.05, 0.1) is 0 Å². The molecule has 1 aliphatic rings. The number of pyridine rings is 1. The molecule has 4 nitrogen and oxygen atoms in total. The van der Waals surface area contributed by atoms with Crippen molar-refractivity contribution in [2.24, 2.45) is 11.7 Å². The Morgan fingerprint density at radius 2 is 2.40 bits per heavy atom. The second-order valence-corrected chi connectivity index (χ2v) is 4.22. The molecule has 4 heteroatoms. The minimum atomic E-state index is 0.583. The van der Waals surface area contributed by atoms with Crippen LogP contribution in [0, 0.1) is 12.8 Å². The van der Waals surface area contributed by atoms with E-state index >= 15 is 0 Å². The zero-order valence-corrected chi connectivity index (χ0v) is 8.72. The Morgan fingerprint density at radius 3 is 3.13 bits per heavy atom. The number of rotatable bonds is 2. The van der Waals surface area contributed by atoms with E-state index in [1.165, 1.54) is 12.1 Å². The predicted octanol–water partition coefficient (Wildman–Crippen LogP) is 1.10. The van der Waals surface area contributed by atoms with Gasteiger partial charge in [-0.05, 0) is 37.9 Å². The van der Waals surface area contributed by atoms with Gasteiger partial charge < -0.3 is 5.73 Å². The van der Waals surface area contributed by atoms with Gasteiger partial charge in [0, 0.05) is 11.6 Å². The van der Waals surface area contributed by atoms with Crippen molar-refractivity contribution >= 4 is 5.65 Å². The average molecular weight is 202 g/mol. The molecule has 2 N–H and O–H groups in total. The van der Waals surface area contributed by atoms with E-state index in [1.807, 2.05) is 23.6 Å². The number of hydrogen-bond acceptors (Lipinski definition) is 3. The summed E-state index contributed by atoms with van der Waals surface area (Å²) in [5.41, 5.74) is 7.86. The van der Waals surface area contributed by atoms with Crippen LogP contribution in [0.5, 0.6) is 0 Å². The van der Waals surface area contributed by atoms with Crippen LogP contribution in [-0.2, 0) is 0 Å². The van der Waals surface area contributed by atoms with Crippen LogP contribution in [0.2, 0.25) is 0 Å². The van der Waals surface area contributed by atoms with Gasteiger partial charge in [0.15, 0.2) is 5.65 Å². The van der Waals surface area contributed by atoms with Crippen molar-refractivity contribution in [2.75, 3.05) is 6.54 Å². The first-order chi connectivity index (χ1) is 7.29. The molecule has 2 aromatic rings. The molecular weight excluding hydrogens is 188 g/mol. The van der Waals surface area contributed by atoms with Crippen LogP contribution in [0.4, 0.5) is 0 Å². The van der Waals surface area contributed by atoms with E-state index in [1.54, 1.807) is 0 Å². The highest BCUT2D eigenvalue weighted by Gasteiger charge is 2.38. The number of nitrogens with two attached hydrogens (primary N) is 1. The Labute approximate surface area is 88.1 Å². The predicted molar refractivity (Wildman–Crippen MR) is 57.6 cm³/mol. The van der Waals surface area contributed by atoms with E-state index in [9.17, 15) is 0 Å². The Balaban J connectivity index is 2.10. The molecule has 3 rings (SSSR count). The lowest BCUT2D eigenvalue weighted by molar-refractivity contribution is 0.764. The minimum Gasteiger partial charge on any atom is -0.330 e. The van der Waals surface area contributed by atoms with Crippen molar-refractivity contribution in [3.63, 3.8) is 0 Å². The Bertz CT molecular complexity index is 502. The summed E-state index contributed by atoms with van der Waals surface area (Å²) in [6.07, 6.45) is 1.19. The maximum atomic E-state index is 5.67. The number of nitrogens with zero attached hydrogens (tertiary/aromatic N) is 3. The quantitative estimate of drug-likeness (QED) is 0.793. The van der Waals surface area contributed by atoms with E-state index in [0.29, 0.717) is 11.8 Å². The minimum absolute atomic E-state index is 0.583. The van der Waals surface area contributed by atoms with Crippen LogP contribution in [0.3, 0.4) is 0 Å². The van der Waals surface area contributed by atoms with Gasteiger partial charge in [-0.25, -0.2) is 9.50 Å². The van der Waals surface area contributed by atoms with Crippen molar-refractivity contribution in [3.8, 4) is 0 Å². The molecule has 0 amide bonds. The monoisotopic (exact) mass is 202 g/mol. The van der Waals surface area contributed by atoms with Gasteiger partial charge in [0.25, 0.3) is 0 Å². The Hall–Kier alpha value is -1.42. The van der Waals surface area contributed by atoms with Gasteiger partial charge >= 0.3 is 0 Å². The molecule has 78 valence electrons. The molecule has 0 radical (unpaired) electrons. The summed E-state index contributed by atoms with van der Waals surface area (Å²) in [5, 5.41) is 4.41. The van der Waals surface area contributed by atoms with Crippen LogP contribution in [0.15, 0.2) is 18.2 Å². The van der Waals surface area contributed by atoms with E-state index in [2.05, 4.69) is 16.1 Å². The first-order valence-electron chi connectivity index (χ1n) is 5.32. The summed E-state index contributed by atoms with van der Waals surface area (Å²) in [5.74, 6) is 2.05. The fourth-order valence-corrected chi connectivity index (χ4v) is 2.18. The summed E-state index contributed by atoms with van der Waals surface area (Å²) >= 11 is 0. The molecule has 2 heterocycles. The third-order valence-electron chi connectivity index (χ3n) is 3.10. The normalized spacial score (nSPS) is 24.7. The molecule has 1 aliphatic carbocycles. The molecule has 2 atom stereocenters. The van der Waals surface area contributed by atoms with Gasteiger partial charge in [-0.2, -0.15) is 5.10 Å². The summed E-state index contributed by atoms with van der Waals surface area (Å²) in [7, 11) is 0. The maximum Gasteiger partial charge on any atom is 0.155 e. The van der Waals surface area contributed by atoms with E-state index in [4.69, 9.17) is 5.73 Å². The third-order valence-corrected chi connectivity index (χ3v) is 3.10. The number of fused-ring (bicyclic) bond motifs is 1. The molecule has 0 aromatic carbocycles. The van der Waals surface area contributed by atoms with Gasteiger partial charge in [-0.15, -0.1) is 0 Å².